The van der Waals surface area contributed by atoms with Gasteiger partial charge in [-0.25, -0.2) is 8.37 Å². The van der Waals surface area contributed by atoms with Gasteiger partial charge in [-0.1, -0.05) is 0 Å². The van der Waals surface area contributed by atoms with Crippen molar-refractivity contribution in [3.63, 3.8) is 0 Å². The fourth-order valence-electron chi connectivity index (χ4n) is 1.34. The normalized spacial score (nSPS) is 40.0. The van der Waals surface area contributed by atoms with Gasteiger partial charge in [0, 0.05) is 5.92 Å². The van der Waals surface area contributed by atoms with Crippen LogP contribution in [0.15, 0.2) is 0 Å². The van der Waals surface area contributed by atoms with E-state index in [9.17, 15) is 16.8 Å². The van der Waals surface area contributed by atoms with Crippen molar-refractivity contribution in [1.29, 1.82) is 0 Å². The first-order valence-corrected chi connectivity index (χ1v) is 6.74. The molecule has 2 atom stereocenters. The Morgan fingerprint density at radius 2 is 1.71 bits per heavy atom. The predicted octanol–water partition coefficient (Wildman–Crippen LogP) is -1.38. The van der Waals surface area contributed by atoms with Crippen molar-refractivity contribution in [2.24, 2.45) is 5.92 Å². The summed E-state index contributed by atoms with van der Waals surface area (Å²) in [7, 11) is -7.42. The molecule has 0 aromatic carbocycles. The zero-order chi connectivity index (χ0) is 10.4. The molecule has 0 amide bonds. The van der Waals surface area contributed by atoms with E-state index in [0.717, 1.165) is 0 Å². The third-order valence-corrected chi connectivity index (χ3v) is 4.26. The monoisotopic (exact) mass is 244 g/mol. The number of rotatable bonds is 1. The molecule has 0 N–H and O–H groups in total. The van der Waals surface area contributed by atoms with Gasteiger partial charge in [-0.05, 0) is 0 Å². The molecule has 0 aromatic heterocycles. The average molecular weight is 244 g/mol. The van der Waals surface area contributed by atoms with E-state index in [4.69, 9.17) is 0 Å². The second-order valence-corrected chi connectivity index (χ2v) is 6.03. The van der Waals surface area contributed by atoms with E-state index in [1.165, 1.54) is 0 Å². The lowest BCUT2D eigenvalue weighted by molar-refractivity contribution is 0.148. The fraction of sp³-hybridized carbons (Fsp3) is 1.00. The molecule has 0 radical (unpaired) electrons. The van der Waals surface area contributed by atoms with Crippen molar-refractivity contribution in [2.45, 2.75) is 6.10 Å². The second kappa shape index (κ2) is 3.14. The highest BCUT2D eigenvalue weighted by molar-refractivity contribution is 7.86. The van der Waals surface area contributed by atoms with Gasteiger partial charge in [-0.15, -0.1) is 0 Å². The molecule has 0 bridgehead atoms. The molecular formula is C5H8O7S2. The van der Waals surface area contributed by atoms with E-state index in [0.29, 0.717) is 0 Å². The molecule has 2 rings (SSSR count). The summed E-state index contributed by atoms with van der Waals surface area (Å²) in [6.45, 7) is -0.197. The minimum Gasteiger partial charge on any atom is -0.270 e. The number of hydrogen-bond donors (Lipinski definition) is 0. The van der Waals surface area contributed by atoms with Crippen LogP contribution in [0.3, 0.4) is 0 Å². The third-order valence-electron chi connectivity index (χ3n) is 2.02. The van der Waals surface area contributed by atoms with Gasteiger partial charge in [0.2, 0.25) is 0 Å². The predicted molar refractivity (Wildman–Crippen MR) is 43.0 cm³/mol. The first kappa shape index (κ1) is 10.3. The SMILES string of the molecule is O=S1(=O)CC(C2COS(=O)(=O)O2)CO1. The van der Waals surface area contributed by atoms with E-state index < -0.39 is 32.5 Å². The molecule has 2 unspecified atom stereocenters. The third kappa shape index (κ3) is 2.06. The minimum absolute atomic E-state index is 0.0497. The molecule has 14 heavy (non-hydrogen) atoms. The summed E-state index contributed by atoms with van der Waals surface area (Å²) in [5, 5.41) is 0. The van der Waals surface area contributed by atoms with Gasteiger partial charge >= 0.3 is 10.4 Å². The molecule has 0 aliphatic carbocycles. The van der Waals surface area contributed by atoms with Crippen LogP contribution in [0.25, 0.3) is 0 Å². The van der Waals surface area contributed by atoms with E-state index in [-0.39, 0.29) is 19.0 Å². The smallest absolute Gasteiger partial charge is 0.270 e. The summed E-state index contributed by atoms with van der Waals surface area (Å²) in [4.78, 5) is 0. The Balaban J connectivity index is 2.06. The summed E-state index contributed by atoms with van der Waals surface area (Å²) in [5.41, 5.74) is 0. The molecule has 2 aliphatic heterocycles. The Hall–Kier alpha value is -0.220. The van der Waals surface area contributed by atoms with Crippen LogP contribution in [0.2, 0.25) is 0 Å². The van der Waals surface area contributed by atoms with Crippen molar-refractivity contribution in [2.75, 3.05) is 19.0 Å². The van der Waals surface area contributed by atoms with E-state index in [1.54, 1.807) is 0 Å². The molecule has 0 spiro atoms. The molecule has 2 heterocycles. The van der Waals surface area contributed by atoms with Crippen molar-refractivity contribution in [3.05, 3.63) is 0 Å². The summed E-state index contributed by atoms with van der Waals surface area (Å²) in [6.07, 6.45) is -0.753. The minimum atomic E-state index is -3.92. The number of hydrogen-bond acceptors (Lipinski definition) is 7. The molecule has 2 aliphatic rings. The maximum Gasteiger partial charge on any atom is 0.400 e. The molecule has 82 valence electrons. The van der Waals surface area contributed by atoms with Crippen molar-refractivity contribution in [3.8, 4) is 0 Å². The summed E-state index contributed by atoms with van der Waals surface area (Å²) in [6, 6.07) is 0. The van der Waals surface area contributed by atoms with Crippen molar-refractivity contribution in [1.82, 2.24) is 0 Å². The quantitative estimate of drug-likeness (QED) is 0.524. The molecular weight excluding hydrogens is 236 g/mol. The van der Waals surface area contributed by atoms with E-state index in [1.807, 2.05) is 0 Å². The zero-order valence-electron chi connectivity index (χ0n) is 6.95. The van der Waals surface area contributed by atoms with Crippen molar-refractivity contribution >= 4 is 20.5 Å². The molecule has 2 fully saturated rings. The van der Waals surface area contributed by atoms with Crippen LogP contribution in [0.4, 0.5) is 0 Å². The molecule has 7 nitrogen and oxygen atoms in total. The van der Waals surface area contributed by atoms with Crippen LogP contribution >= 0.6 is 0 Å². The van der Waals surface area contributed by atoms with E-state index >= 15 is 0 Å². The Bertz CT molecular complexity index is 379. The van der Waals surface area contributed by atoms with Gasteiger partial charge in [0.1, 0.15) is 6.10 Å². The maximum atomic E-state index is 10.9. The summed E-state index contributed by atoms with van der Waals surface area (Å²) in [5.74, 6) is -0.700. The lowest BCUT2D eigenvalue weighted by atomic mass is 10.1. The van der Waals surface area contributed by atoms with Crippen LogP contribution < -0.4 is 0 Å². The summed E-state index contributed by atoms with van der Waals surface area (Å²) < 4.78 is 56.6. The second-order valence-electron chi connectivity index (χ2n) is 3.10. The zero-order valence-corrected chi connectivity index (χ0v) is 8.58. The lowest BCUT2D eigenvalue weighted by Crippen LogP contribution is -2.26. The maximum absolute atomic E-state index is 10.9. The van der Waals surface area contributed by atoms with Crippen LogP contribution in [0.5, 0.6) is 0 Å². The van der Waals surface area contributed by atoms with Crippen molar-refractivity contribution < 1.29 is 29.4 Å². The Kier molecular flexibility index (Phi) is 2.31. The van der Waals surface area contributed by atoms with Gasteiger partial charge in [-0.2, -0.15) is 16.8 Å². The Labute approximate surface area is 81.4 Å². The van der Waals surface area contributed by atoms with Crippen LogP contribution in [0, 0.1) is 5.92 Å². The van der Waals surface area contributed by atoms with Crippen LogP contribution in [-0.2, 0) is 33.1 Å². The van der Waals surface area contributed by atoms with Gasteiger partial charge in [0.25, 0.3) is 10.1 Å². The first-order valence-electron chi connectivity index (χ1n) is 3.83. The molecule has 0 aromatic rings. The fourth-order valence-corrected chi connectivity index (χ4v) is 3.52. The highest BCUT2D eigenvalue weighted by Crippen LogP contribution is 2.26. The summed E-state index contributed by atoms with van der Waals surface area (Å²) >= 11 is 0. The average Bonchev–Trinajstić information content (AvgIpc) is 2.54. The Morgan fingerprint density at radius 3 is 2.14 bits per heavy atom. The van der Waals surface area contributed by atoms with E-state index in [2.05, 4.69) is 12.5 Å². The lowest BCUT2D eigenvalue weighted by Gasteiger charge is -2.09. The van der Waals surface area contributed by atoms with Gasteiger partial charge in [0.05, 0.1) is 19.0 Å². The molecule has 0 saturated carbocycles. The van der Waals surface area contributed by atoms with Gasteiger partial charge in [-0.3, -0.25) is 4.18 Å². The van der Waals surface area contributed by atoms with Crippen LogP contribution in [0.1, 0.15) is 0 Å². The standard InChI is InChI=1S/C5H8O7S2/c6-13(7)3-4(1-10-13)5-2-11-14(8,9)12-5/h4-5H,1-3H2. The first-order chi connectivity index (χ1) is 6.38. The molecule has 9 heteroatoms. The van der Waals surface area contributed by atoms with Gasteiger partial charge in [0.15, 0.2) is 0 Å². The molecule has 2 saturated heterocycles. The topological polar surface area (TPSA) is 96.0 Å². The highest BCUT2D eigenvalue weighted by Gasteiger charge is 2.42. The largest absolute Gasteiger partial charge is 0.400 e. The van der Waals surface area contributed by atoms with Gasteiger partial charge < -0.3 is 0 Å². The Morgan fingerprint density at radius 1 is 1.00 bits per heavy atom. The highest BCUT2D eigenvalue weighted by atomic mass is 32.3. The van der Waals surface area contributed by atoms with Crippen LogP contribution in [-0.4, -0.2) is 41.9 Å².